The number of benzene rings is 2. The van der Waals surface area contributed by atoms with Gasteiger partial charge in [-0.2, -0.15) is 0 Å². The Morgan fingerprint density at radius 2 is 1.58 bits per heavy atom. The van der Waals surface area contributed by atoms with E-state index in [4.69, 9.17) is 11.6 Å². The maximum absolute atomic E-state index is 13.4. The zero-order valence-electron chi connectivity index (χ0n) is 16.8. The van der Waals surface area contributed by atoms with Gasteiger partial charge in [0.05, 0.1) is 28.1 Å². The molecule has 7 nitrogen and oxygen atoms in total. The average Bonchev–Trinajstić information content (AvgIpc) is 3.04. The van der Waals surface area contributed by atoms with Crippen LogP contribution in [0.4, 0.5) is 15.8 Å². The van der Waals surface area contributed by atoms with Crippen molar-refractivity contribution in [1.82, 2.24) is 4.90 Å². The molecule has 0 spiro atoms. The van der Waals surface area contributed by atoms with Gasteiger partial charge in [0, 0.05) is 38.1 Å². The van der Waals surface area contributed by atoms with Gasteiger partial charge < -0.3 is 4.90 Å². The average molecular weight is 466 g/mol. The fourth-order valence-electron chi connectivity index (χ4n) is 3.99. The van der Waals surface area contributed by atoms with E-state index in [1.807, 2.05) is 4.90 Å². The highest BCUT2D eigenvalue weighted by Gasteiger charge is 2.43. The number of sulfone groups is 1. The Labute approximate surface area is 184 Å². The molecule has 0 aromatic heterocycles. The van der Waals surface area contributed by atoms with Gasteiger partial charge in [0.15, 0.2) is 9.84 Å². The summed E-state index contributed by atoms with van der Waals surface area (Å²) in [6.07, 6.45) is 1.24. The number of carbonyl (C=O) groups is 2. The van der Waals surface area contributed by atoms with Crippen LogP contribution in [0.25, 0.3) is 0 Å². The lowest BCUT2D eigenvalue weighted by Gasteiger charge is -2.38. The Bertz CT molecular complexity index is 1130. The van der Waals surface area contributed by atoms with Gasteiger partial charge in [-0.15, -0.1) is 0 Å². The molecule has 164 valence electrons. The molecule has 2 aliphatic rings. The Kier molecular flexibility index (Phi) is 5.76. The second kappa shape index (κ2) is 8.22. The van der Waals surface area contributed by atoms with Crippen molar-refractivity contribution in [3.05, 3.63) is 53.3 Å². The van der Waals surface area contributed by atoms with Gasteiger partial charge in [-0.1, -0.05) is 11.6 Å². The van der Waals surface area contributed by atoms with Crippen LogP contribution in [0.15, 0.2) is 47.4 Å². The predicted octanol–water partition coefficient (Wildman–Crippen LogP) is 2.34. The predicted molar refractivity (Wildman–Crippen MR) is 116 cm³/mol. The molecule has 0 unspecified atom stereocenters. The molecule has 2 aromatic carbocycles. The van der Waals surface area contributed by atoms with E-state index in [-0.39, 0.29) is 33.8 Å². The minimum absolute atomic E-state index is 0.0664. The zero-order chi connectivity index (χ0) is 22.3. The Balaban J connectivity index is 1.42. The van der Waals surface area contributed by atoms with Gasteiger partial charge in [-0.05, 0) is 42.5 Å². The Morgan fingerprint density at radius 1 is 0.968 bits per heavy atom. The lowest BCUT2D eigenvalue weighted by Crippen LogP contribution is -2.52. The van der Waals surface area contributed by atoms with Crippen molar-refractivity contribution in [3.8, 4) is 0 Å². The second-order valence-corrected chi connectivity index (χ2v) is 10.1. The van der Waals surface area contributed by atoms with Crippen LogP contribution < -0.4 is 9.80 Å². The van der Waals surface area contributed by atoms with E-state index in [2.05, 4.69) is 4.90 Å². The van der Waals surface area contributed by atoms with E-state index in [0.29, 0.717) is 26.2 Å². The maximum atomic E-state index is 13.4. The molecule has 0 saturated carbocycles. The van der Waals surface area contributed by atoms with E-state index in [0.717, 1.165) is 16.7 Å². The molecule has 2 aromatic rings. The number of nitrogens with zero attached hydrogens (tertiary/aromatic N) is 3. The number of anilines is 2. The standard InChI is InChI=1S/C21H21ClFN3O4S/c1-31(29,30)16-5-2-14(3-6-16)24-8-10-25(11-9-24)19-13-20(27)26(21(19)28)15-4-7-18(23)17(22)12-15/h2-7,12,19H,8-11,13H2,1H3/t19-/m1/s1. The lowest BCUT2D eigenvalue weighted by atomic mass is 10.1. The molecule has 4 rings (SSSR count). The molecule has 10 heteroatoms. The normalized spacial score (nSPS) is 20.5. The summed E-state index contributed by atoms with van der Waals surface area (Å²) in [5, 5.41) is -0.142. The molecule has 2 aliphatic heterocycles. The van der Waals surface area contributed by atoms with Crippen LogP contribution in [-0.2, 0) is 19.4 Å². The van der Waals surface area contributed by atoms with Crippen molar-refractivity contribution in [1.29, 1.82) is 0 Å². The summed E-state index contributed by atoms with van der Waals surface area (Å²) in [6, 6.07) is 9.95. The maximum Gasteiger partial charge on any atom is 0.251 e. The molecule has 1 atom stereocenters. The summed E-state index contributed by atoms with van der Waals surface area (Å²) >= 11 is 5.81. The molecule has 31 heavy (non-hydrogen) atoms. The number of carbonyl (C=O) groups excluding carboxylic acids is 2. The number of rotatable bonds is 4. The summed E-state index contributed by atoms with van der Waals surface area (Å²) in [5.74, 6) is -1.28. The number of piperazine rings is 1. The van der Waals surface area contributed by atoms with Crippen molar-refractivity contribution in [2.45, 2.75) is 17.4 Å². The Morgan fingerprint density at radius 3 is 2.16 bits per heavy atom. The van der Waals surface area contributed by atoms with Gasteiger partial charge >= 0.3 is 0 Å². The highest BCUT2D eigenvalue weighted by molar-refractivity contribution is 7.90. The molecule has 0 radical (unpaired) electrons. The zero-order valence-corrected chi connectivity index (χ0v) is 18.4. The van der Waals surface area contributed by atoms with Gasteiger partial charge in [-0.25, -0.2) is 17.7 Å². The fourth-order valence-corrected chi connectivity index (χ4v) is 4.80. The second-order valence-electron chi connectivity index (χ2n) is 7.67. The first-order valence-electron chi connectivity index (χ1n) is 9.76. The van der Waals surface area contributed by atoms with Gasteiger partial charge in [0.2, 0.25) is 5.91 Å². The quantitative estimate of drug-likeness (QED) is 0.645. The molecule has 0 bridgehead atoms. The molecule has 2 heterocycles. The monoisotopic (exact) mass is 465 g/mol. The van der Waals surface area contributed by atoms with Crippen molar-refractivity contribution < 1.29 is 22.4 Å². The number of imide groups is 1. The smallest absolute Gasteiger partial charge is 0.251 e. The van der Waals surface area contributed by atoms with E-state index in [9.17, 15) is 22.4 Å². The Hall–Kier alpha value is -2.49. The summed E-state index contributed by atoms with van der Waals surface area (Å²) < 4.78 is 36.7. The minimum Gasteiger partial charge on any atom is -0.369 e. The summed E-state index contributed by atoms with van der Waals surface area (Å²) in [6.45, 7) is 2.43. The third-order valence-electron chi connectivity index (χ3n) is 5.67. The highest BCUT2D eigenvalue weighted by Crippen LogP contribution is 2.30. The number of amides is 2. The number of hydrogen-bond donors (Lipinski definition) is 0. The first kappa shape index (κ1) is 21.7. The number of halogens is 2. The van der Waals surface area contributed by atoms with Gasteiger partial charge in [-0.3, -0.25) is 14.5 Å². The topological polar surface area (TPSA) is 78.0 Å². The lowest BCUT2D eigenvalue weighted by molar-refractivity contribution is -0.123. The van der Waals surface area contributed by atoms with Crippen molar-refractivity contribution in [3.63, 3.8) is 0 Å². The first-order chi connectivity index (χ1) is 14.6. The van der Waals surface area contributed by atoms with Gasteiger partial charge in [0.25, 0.3) is 5.91 Å². The van der Waals surface area contributed by atoms with Crippen LogP contribution in [0.3, 0.4) is 0 Å². The molecule has 2 saturated heterocycles. The fraction of sp³-hybridized carbons (Fsp3) is 0.333. The molecule has 2 amide bonds. The van der Waals surface area contributed by atoms with Crippen LogP contribution in [0, 0.1) is 5.82 Å². The molecule has 0 aliphatic carbocycles. The van der Waals surface area contributed by atoms with Gasteiger partial charge in [0.1, 0.15) is 5.82 Å². The minimum atomic E-state index is -3.24. The summed E-state index contributed by atoms with van der Waals surface area (Å²) in [4.78, 5) is 30.9. The molecule has 0 N–H and O–H groups in total. The SMILES string of the molecule is CS(=O)(=O)c1ccc(N2CCN([C@@H]3CC(=O)N(c4ccc(F)c(Cl)c4)C3=O)CC2)cc1. The van der Waals surface area contributed by atoms with Crippen molar-refractivity contribution in [2.24, 2.45) is 0 Å². The van der Waals surface area contributed by atoms with Crippen molar-refractivity contribution in [2.75, 3.05) is 42.2 Å². The molecule has 2 fully saturated rings. The molecular formula is C21H21ClFN3O4S. The number of hydrogen-bond acceptors (Lipinski definition) is 6. The first-order valence-corrected chi connectivity index (χ1v) is 12.0. The van der Waals surface area contributed by atoms with E-state index in [1.54, 1.807) is 24.3 Å². The summed E-state index contributed by atoms with van der Waals surface area (Å²) in [5.41, 5.74) is 1.18. The third-order valence-corrected chi connectivity index (χ3v) is 7.09. The summed E-state index contributed by atoms with van der Waals surface area (Å²) in [7, 11) is -3.24. The van der Waals surface area contributed by atoms with Crippen LogP contribution in [0.5, 0.6) is 0 Å². The van der Waals surface area contributed by atoms with Crippen LogP contribution in [0.2, 0.25) is 5.02 Å². The van der Waals surface area contributed by atoms with Crippen LogP contribution in [0.1, 0.15) is 6.42 Å². The van der Waals surface area contributed by atoms with Crippen LogP contribution >= 0.6 is 11.6 Å². The largest absolute Gasteiger partial charge is 0.369 e. The van der Waals surface area contributed by atoms with E-state index >= 15 is 0 Å². The van der Waals surface area contributed by atoms with Crippen LogP contribution in [-0.4, -0.2) is 63.6 Å². The highest BCUT2D eigenvalue weighted by atomic mass is 35.5. The third kappa shape index (κ3) is 4.30. The van der Waals surface area contributed by atoms with E-state index < -0.39 is 21.7 Å². The molecular weight excluding hydrogens is 445 g/mol. The van der Waals surface area contributed by atoms with Crippen molar-refractivity contribution >= 4 is 44.6 Å². The van der Waals surface area contributed by atoms with E-state index in [1.165, 1.54) is 18.4 Å².